The molecule has 3 rings (SSSR count). The molecule has 0 bridgehead atoms. The number of amides is 2. The molecule has 2 unspecified atom stereocenters. The van der Waals surface area contributed by atoms with Gasteiger partial charge in [0, 0.05) is 18.8 Å². The number of aliphatic hydroxyl groups excluding tert-OH is 1. The van der Waals surface area contributed by atoms with Crippen LogP contribution in [-0.4, -0.2) is 35.2 Å². The smallest absolute Gasteiger partial charge is 0.321 e. The lowest BCUT2D eigenvalue weighted by Gasteiger charge is -2.34. The van der Waals surface area contributed by atoms with Crippen LogP contribution in [0.1, 0.15) is 13.3 Å². The van der Waals surface area contributed by atoms with E-state index < -0.39 is 6.10 Å². The Morgan fingerprint density at radius 3 is 2.39 bits per heavy atom. The average Bonchev–Trinajstić information content (AvgIpc) is 2.59. The maximum atomic E-state index is 12.3. The number of aliphatic hydroxyl groups is 1. The molecule has 2 atom stereocenters. The van der Waals surface area contributed by atoms with Crippen molar-refractivity contribution in [3.63, 3.8) is 0 Å². The Kier molecular flexibility index (Phi) is 4.63. The molecule has 0 radical (unpaired) electrons. The van der Waals surface area contributed by atoms with Crippen LogP contribution in [0.5, 0.6) is 0 Å². The number of nitrogens with zero attached hydrogens (tertiary/aromatic N) is 1. The van der Waals surface area contributed by atoms with Crippen LogP contribution in [0.2, 0.25) is 0 Å². The summed E-state index contributed by atoms with van der Waals surface area (Å²) in [7, 11) is 0. The van der Waals surface area contributed by atoms with Gasteiger partial charge < -0.3 is 15.3 Å². The van der Waals surface area contributed by atoms with Crippen molar-refractivity contribution in [1.29, 1.82) is 0 Å². The van der Waals surface area contributed by atoms with Crippen LogP contribution in [-0.2, 0) is 0 Å². The van der Waals surface area contributed by atoms with Gasteiger partial charge in [-0.05, 0) is 35.6 Å². The van der Waals surface area contributed by atoms with Crippen LogP contribution in [0.3, 0.4) is 0 Å². The van der Waals surface area contributed by atoms with Gasteiger partial charge in [0.15, 0.2) is 0 Å². The van der Waals surface area contributed by atoms with E-state index in [-0.39, 0.29) is 11.9 Å². The van der Waals surface area contributed by atoms with Gasteiger partial charge in [-0.2, -0.15) is 0 Å². The number of nitrogens with one attached hydrogen (secondary N) is 1. The number of rotatable bonds is 2. The molecule has 2 N–H and O–H groups in total. The first-order valence-electron chi connectivity index (χ1n) is 8.03. The lowest BCUT2D eigenvalue weighted by molar-refractivity contribution is 0.0464. The molecule has 2 amide bonds. The van der Waals surface area contributed by atoms with E-state index in [1.54, 1.807) is 4.90 Å². The Bertz CT molecular complexity index is 655. The fraction of sp³-hybridized carbons (Fsp3) is 0.316. The van der Waals surface area contributed by atoms with Gasteiger partial charge in [-0.1, -0.05) is 49.4 Å². The monoisotopic (exact) mass is 310 g/mol. The molecule has 0 aliphatic carbocycles. The Balaban J connectivity index is 1.63. The Morgan fingerprint density at radius 2 is 1.74 bits per heavy atom. The number of hydrogen-bond donors (Lipinski definition) is 2. The maximum Gasteiger partial charge on any atom is 0.321 e. The third-order valence-electron chi connectivity index (χ3n) is 4.45. The first kappa shape index (κ1) is 15.6. The highest BCUT2D eigenvalue weighted by Crippen LogP contribution is 2.22. The van der Waals surface area contributed by atoms with Crippen molar-refractivity contribution >= 4 is 11.7 Å². The first-order chi connectivity index (χ1) is 11.1. The zero-order valence-electron chi connectivity index (χ0n) is 13.3. The molecule has 0 spiro atoms. The third-order valence-corrected chi connectivity index (χ3v) is 4.45. The Labute approximate surface area is 136 Å². The summed E-state index contributed by atoms with van der Waals surface area (Å²) in [5.74, 6) is 0.254. The Morgan fingerprint density at radius 1 is 1.09 bits per heavy atom. The fourth-order valence-electron chi connectivity index (χ4n) is 2.81. The topological polar surface area (TPSA) is 52.6 Å². The van der Waals surface area contributed by atoms with E-state index in [0.717, 1.165) is 23.2 Å². The van der Waals surface area contributed by atoms with Crippen LogP contribution in [0, 0.1) is 5.92 Å². The molecular weight excluding hydrogens is 288 g/mol. The highest BCUT2D eigenvalue weighted by atomic mass is 16.3. The van der Waals surface area contributed by atoms with E-state index in [9.17, 15) is 9.90 Å². The van der Waals surface area contributed by atoms with Crippen LogP contribution in [0.15, 0.2) is 54.6 Å². The number of hydrogen-bond acceptors (Lipinski definition) is 2. The molecule has 1 heterocycles. The normalized spacial score (nSPS) is 21.0. The van der Waals surface area contributed by atoms with Crippen LogP contribution >= 0.6 is 0 Å². The molecule has 0 aromatic heterocycles. The van der Waals surface area contributed by atoms with Crippen molar-refractivity contribution in [2.75, 3.05) is 18.4 Å². The summed E-state index contributed by atoms with van der Waals surface area (Å²) >= 11 is 0. The summed E-state index contributed by atoms with van der Waals surface area (Å²) in [5.41, 5.74) is 3.03. The van der Waals surface area contributed by atoms with Gasteiger partial charge in [-0.15, -0.1) is 0 Å². The first-order valence-corrected chi connectivity index (χ1v) is 8.03. The number of piperidine rings is 1. The quantitative estimate of drug-likeness (QED) is 0.890. The summed E-state index contributed by atoms with van der Waals surface area (Å²) in [6.45, 7) is 3.10. The molecule has 1 aliphatic rings. The maximum absolute atomic E-state index is 12.3. The number of carbonyl (C=O) groups excluding carboxylic acids is 1. The molecule has 2 aromatic carbocycles. The number of β-amino-alcohol motifs (C(OH)–C–C–N with tert-alkyl or cyclic N) is 1. The van der Waals surface area contributed by atoms with E-state index >= 15 is 0 Å². The predicted octanol–water partition coefficient (Wildman–Crippen LogP) is 3.59. The van der Waals surface area contributed by atoms with E-state index in [1.807, 2.05) is 49.4 Å². The third kappa shape index (κ3) is 3.71. The van der Waals surface area contributed by atoms with Gasteiger partial charge >= 0.3 is 6.03 Å². The fourth-order valence-corrected chi connectivity index (χ4v) is 2.81. The van der Waals surface area contributed by atoms with Gasteiger partial charge in [-0.3, -0.25) is 0 Å². The summed E-state index contributed by atoms with van der Waals surface area (Å²) in [6.07, 6.45) is 0.400. The van der Waals surface area contributed by atoms with Crippen molar-refractivity contribution in [3.8, 4) is 11.1 Å². The minimum absolute atomic E-state index is 0.150. The number of anilines is 1. The second-order valence-corrected chi connectivity index (χ2v) is 6.15. The summed E-state index contributed by atoms with van der Waals surface area (Å²) in [4.78, 5) is 14.0. The van der Waals surface area contributed by atoms with Crippen molar-refractivity contribution < 1.29 is 9.90 Å². The molecule has 2 aromatic rings. The van der Waals surface area contributed by atoms with Crippen LogP contribution < -0.4 is 5.32 Å². The Hall–Kier alpha value is -2.33. The summed E-state index contributed by atoms with van der Waals surface area (Å²) in [6, 6.07) is 17.8. The minimum atomic E-state index is -0.435. The lowest BCUT2D eigenvalue weighted by Crippen LogP contribution is -2.47. The number of benzene rings is 2. The molecule has 4 nitrogen and oxygen atoms in total. The highest BCUT2D eigenvalue weighted by molar-refractivity contribution is 5.89. The van der Waals surface area contributed by atoms with Gasteiger partial charge in [0.05, 0.1) is 6.10 Å². The molecule has 23 heavy (non-hydrogen) atoms. The molecule has 120 valence electrons. The van der Waals surface area contributed by atoms with Crippen molar-refractivity contribution in [3.05, 3.63) is 54.6 Å². The zero-order valence-corrected chi connectivity index (χ0v) is 13.3. The van der Waals surface area contributed by atoms with Crippen molar-refractivity contribution in [2.24, 2.45) is 5.92 Å². The van der Waals surface area contributed by atoms with Crippen molar-refractivity contribution in [2.45, 2.75) is 19.4 Å². The van der Waals surface area contributed by atoms with E-state index in [2.05, 4.69) is 17.4 Å². The average molecular weight is 310 g/mol. The number of likely N-dealkylation sites (tertiary alicyclic amines) is 1. The highest BCUT2D eigenvalue weighted by Gasteiger charge is 2.27. The number of urea groups is 1. The molecule has 1 aliphatic heterocycles. The van der Waals surface area contributed by atoms with Crippen LogP contribution in [0.4, 0.5) is 10.5 Å². The predicted molar refractivity (Wildman–Crippen MR) is 92.3 cm³/mol. The summed E-state index contributed by atoms with van der Waals surface area (Å²) < 4.78 is 0. The second kappa shape index (κ2) is 6.84. The van der Waals surface area contributed by atoms with Crippen LogP contribution in [0.25, 0.3) is 11.1 Å². The molecule has 1 saturated heterocycles. The molecule has 4 heteroatoms. The van der Waals surface area contributed by atoms with E-state index in [1.165, 1.54) is 0 Å². The summed E-state index contributed by atoms with van der Waals surface area (Å²) in [5, 5.41) is 12.8. The molecular formula is C19H22N2O2. The van der Waals surface area contributed by atoms with Gasteiger partial charge in [0.1, 0.15) is 0 Å². The molecule has 1 fully saturated rings. The van der Waals surface area contributed by atoms with Crippen molar-refractivity contribution in [1.82, 2.24) is 4.90 Å². The van der Waals surface area contributed by atoms with Gasteiger partial charge in [0.25, 0.3) is 0 Å². The van der Waals surface area contributed by atoms with Gasteiger partial charge in [0.2, 0.25) is 0 Å². The second-order valence-electron chi connectivity index (χ2n) is 6.15. The number of carbonyl (C=O) groups is 1. The van der Waals surface area contributed by atoms with E-state index in [4.69, 9.17) is 0 Å². The molecule has 0 saturated carbocycles. The van der Waals surface area contributed by atoms with E-state index in [0.29, 0.717) is 13.1 Å². The minimum Gasteiger partial charge on any atom is -0.391 e. The van der Waals surface area contributed by atoms with Gasteiger partial charge in [-0.25, -0.2) is 4.79 Å². The SMILES string of the molecule is CC1CCN(C(=O)Nc2ccc(-c3ccccc3)cc2)CC1O. The lowest BCUT2D eigenvalue weighted by atomic mass is 9.96. The zero-order chi connectivity index (χ0) is 16.2. The standard InChI is InChI=1S/C19H22N2O2/c1-14-11-12-21(13-18(14)22)19(23)20-17-9-7-16(8-10-17)15-5-3-2-4-6-15/h2-10,14,18,22H,11-13H2,1H3,(H,20,23). The largest absolute Gasteiger partial charge is 0.391 e.